The lowest BCUT2D eigenvalue weighted by molar-refractivity contribution is -0.141. The van der Waals surface area contributed by atoms with Crippen molar-refractivity contribution in [2.45, 2.75) is 13.0 Å². The zero-order chi connectivity index (χ0) is 13.7. The average molecular weight is 289 g/mol. The standard InChI is InChI=1S/C11H10Cl2N2O3/c1-2-18-11(17)9(15-14)10(16)6-3-4-7(12)8(13)5-6/h3-5,10,16H,2H2,1H3. The number of benzene rings is 1. The number of rotatable bonds is 4. The van der Waals surface area contributed by atoms with E-state index in [0.717, 1.165) is 0 Å². The summed E-state index contributed by atoms with van der Waals surface area (Å²) in [5.74, 6) is -0.904. The van der Waals surface area contributed by atoms with Crippen molar-refractivity contribution in [3.63, 3.8) is 0 Å². The highest BCUT2D eigenvalue weighted by atomic mass is 35.5. The molecule has 96 valence electrons. The van der Waals surface area contributed by atoms with Crippen molar-refractivity contribution in [3.05, 3.63) is 39.3 Å². The molecule has 0 radical (unpaired) electrons. The maximum atomic E-state index is 11.4. The fourth-order valence-electron chi connectivity index (χ4n) is 1.25. The van der Waals surface area contributed by atoms with Crippen molar-refractivity contribution in [3.8, 4) is 0 Å². The number of esters is 1. The highest BCUT2D eigenvalue weighted by molar-refractivity contribution is 6.42. The van der Waals surface area contributed by atoms with Crippen LogP contribution in [0, 0.1) is 0 Å². The third-order valence-electron chi connectivity index (χ3n) is 2.11. The Morgan fingerprint density at radius 1 is 1.50 bits per heavy atom. The summed E-state index contributed by atoms with van der Waals surface area (Å²) in [7, 11) is 0. The first-order valence-corrected chi connectivity index (χ1v) is 5.79. The summed E-state index contributed by atoms with van der Waals surface area (Å²) >= 11 is 11.5. The second kappa shape index (κ2) is 6.52. The Kier molecular flexibility index (Phi) is 5.31. The third-order valence-corrected chi connectivity index (χ3v) is 2.85. The molecule has 1 N–H and O–H groups in total. The molecule has 0 spiro atoms. The van der Waals surface area contributed by atoms with E-state index in [-0.39, 0.29) is 17.2 Å². The predicted molar refractivity (Wildman–Crippen MR) is 66.7 cm³/mol. The summed E-state index contributed by atoms with van der Waals surface area (Å²) in [5.41, 5.74) is 8.50. The van der Waals surface area contributed by atoms with Crippen LogP contribution in [-0.4, -0.2) is 28.2 Å². The van der Waals surface area contributed by atoms with Gasteiger partial charge < -0.3 is 15.4 Å². The molecule has 1 aromatic rings. The highest BCUT2D eigenvalue weighted by Gasteiger charge is 2.32. The van der Waals surface area contributed by atoms with Crippen molar-refractivity contribution < 1.29 is 19.4 Å². The molecule has 0 amide bonds. The van der Waals surface area contributed by atoms with Crippen LogP contribution < -0.4 is 0 Å². The van der Waals surface area contributed by atoms with E-state index in [2.05, 4.69) is 9.53 Å². The minimum atomic E-state index is -1.44. The lowest BCUT2D eigenvalue weighted by atomic mass is 10.1. The molecule has 1 rings (SSSR count). The topological polar surface area (TPSA) is 82.9 Å². The number of carbonyl (C=O) groups is 1. The van der Waals surface area contributed by atoms with Gasteiger partial charge in [0.05, 0.1) is 16.7 Å². The zero-order valence-electron chi connectivity index (χ0n) is 9.43. The molecule has 0 aliphatic heterocycles. The van der Waals surface area contributed by atoms with Crippen molar-refractivity contribution in [1.29, 1.82) is 0 Å². The Labute approximate surface area is 114 Å². The largest absolute Gasteiger partial charge is 0.457 e. The number of carbonyl (C=O) groups excluding carboxylic acids is 1. The Balaban J connectivity index is 3.04. The third kappa shape index (κ3) is 3.31. The first kappa shape index (κ1) is 14.7. The van der Waals surface area contributed by atoms with Gasteiger partial charge in [-0.2, -0.15) is 4.79 Å². The first-order chi connectivity index (χ1) is 8.51. The molecular formula is C11H10Cl2N2O3. The van der Waals surface area contributed by atoms with Crippen LogP contribution >= 0.6 is 23.2 Å². The number of hydrogen-bond donors (Lipinski definition) is 1. The Morgan fingerprint density at radius 3 is 2.67 bits per heavy atom. The zero-order valence-corrected chi connectivity index (χ0v) is 10.9. The molecule has 5 nitrogen and oxygen atoms in total. The predicted octanol–water partition coefficient (Wildman–Crippen LogP) is 2.26. The summed E-state index contributed by atoms with van der Waals surface area (Å²) < 4.78 is 4.64. The highest BCUT2D eigenvalue weighted by Crippen LogP contribution is 2.26. The van der Waals surface area contributed by atoms with Gasteiger partial charge in [-0.25, -0.2) is 4.79 Å². The Bertz CT molecular complexity index is 513. The lowest BCUT2D eigenvalue weighted by Crippen LogP contribution is -2.25. The van der Waals surface area contributed by atoms with Gasteiger partial charge in [0.1, 0.15) is 0 Å². The summed E-state index contributed by atoms with van der Waals surface area (Å²) in [4.78, 5) is 14.2. The van der Waals surface area contributed by atoms with Gasteiger partial charge in [-0.3, -0.25) is 0 Å². The fourth-order valence-corrected chi connectivity index (χ4v) is 1.56. The number of aliphatic hydroxyl groups is 1. The summed E-state index contributed by atoms with van der Waals surface area (Å²) in [5, 5.41) is 10.4. The summed E-state index contributed by atoms with van der Waals surface area (Å²) in [6.07, 6.45) is -1.44. The van der Waals surface area contributed by atoms with Gasteiger partial charge in [0.15, 0.2) is 6.10 Å². The Hall–Kier alpha value is -1.39. The lowest BCUT2D eigenvalue weighted by Gasteiger charge is -2.07. The monoisotopic (exact) mass is 288 g/mol. The van der Waals surface area contributed by atoms with E-state index in [4.69, 9.17) is 28.7 Å². The van der Waals surface area contributed by atoms with Crippen LogP contribution in [0.25, 0.3) is 5.53 Å². The Morgan fingerprint density at radius 2 is 2.17 bits per heavy atom. The summed E-state index contributed by atoms with van der Waals surface area (Å²) in [6.45, 7) is 1.70. The van der Waals surface area contributed by atoms with Gasteiger partial charge in [-0.1, -0.05) is 29.3 Å². The molecule has 1 aromatic carbocycles. The maximum Gasteiger partial charge on any atom is 0.420 e. The number of aliphatic hydroxyl groups excluding tert-OH is 1. The molecule has 0 aliphatic rings. The van der Waals surface area contributed by atoms with Crippen molar-refractivity contribution in [2.24, 2.45) is 0 Å². The number of nitrogens with zero attached hydrogens (tertiary/aromatic N) is 2. The quantitative estimate of drug-likeness (QED) is 0.399. The normalized spacial score (nSPS) is 11.6. The molecule has 7 heteroatoms. The van der Waals surface area contributed by atoms with Crippen molar-refractivity contribution in [1.82, 2.24) is 0 Å². The van der Waals surface area contributed by atoms with E-state index >= 15 is 0 Å². The second-order valence-electron chi connectivity index (χ2n) is 3.28. The molecule has 0 fully saturated rings. The van der Waals surface area contributed by atoms with Crippen LogP contribution in [0.1, 0.15) is 18.6 Å². The molecule has 18 heavy (non-hydrogen) atoms. The average Bonchev–Trinajstić information content (AvgIpc) is 2.33. The number of ether oxygens (including phenoxy) is 1. The van der Waals surface area contributed by atoms with E-state index in [1.165, 1.54) is 18.2 Å². The SMILES string of the molecule is CCOC(=O)C(=[N+]=[N-])C(O)c1ccc(Cl)c(Cl)c1. The van der Waals surface area contributed by atoms with E-state index in [0.29, 0.717) is 5.02 Å². The summed E-state index contributed by atoms with van der Waals surface area (Å²) in [6, 6.07) is 4.30. The molecule has 0 bridgehead atoms. The first-order valence-electron chi connectivity index (χ1n) is 5.03. The van der Waals surface area contributed by atoms with Crippen LogP contribution in [0.4, 0.5) is 0 Å². The molecule has 1 unspecified atom stereocenters. The van der Waals surface area contributed by atoms with E-state index in [9.17, 15) is 9.90 Å². The van der Waals surface area contributed by atoms with Gasteiger partial charge in [0, 0.05) is 0 Å². The molecule has 0 heterocycles. The molecule has 0 aliphatic carbocycles. The molecule has 1 atom stereocenters. The second-order valence-corrected chi connectivity index (χ2v) is 4.10. The van der Waals surface area contributed by atoms with Crippen LogP contribution in [0.3, 0.4) is 0 Å². The van der Waals surface area contributed by atoms with Gasteiger partial charge in [-0.15, -0.1) is 0 Å². The van der Waals surface area contributed by atoms with Crippen molar-refractivity contribution >= 4 is 34.9 Å². The van der Waals surface area contributed by atoms with E-state index in [1.807, 2.05) is 0 Å². The molecule has 0 aromatic heterocycles. The number of halogens is 2. The van der Waals surface area contributed by atoms with E-state index < -0.39 is 17.8 Å². The van der Waals surface area contributed by atoms with Crippen molar-refractivity contribution in [2.75, 3.05) is 6.61 Å². The van der Waals surface area contributed by atoms with Crippen LogP contribution in [0.15, 0.2) is 18.2 Å². The van der Waals surface area contributed by atoms with Gasteiger partial charge >= 0.3 is 11.7 Å². The molecule has 0 saturated heterocycles. The minimum Gasteiger partial charge on any atom is -0.457 e. The van der Waals surface area contributed by atoms with Crippen LogP contribution in [0.2, 0.25) is 10.0 Å². The fraction of sp³-hybridized carbons (Fsp3) is 0.273. The van der Waals surface area contributed by atoms with Crippen LogP contribution in [0.5, 0.6) is 0 Å². The van der Waals surface area contributed by atoms with Gasteiger partial charge in [0.2, 0.25) is 0 Å². The van der Waals surface area contributed by atoms with Gasteiger partial charge in [0.25, 0.3) is 0 Å². The smallest absolute Gasteiger partial charge is 0.420 e. The maximum absolute atomic E-state index is 11.4. The molecular weight excluding hydrogens is 279 g/mol. The molecule has 0 saturated carbocycles. The van der Waals surface area contributed by atoms with Gasteiger partial charge in [-0.05, 0) is 24.6 Å². The van der Waals surface area contributed by atoms with Crippen LogP contribution in [-0.2, 0) is 9.53 Å². The minimum absolute atomic E-state index is 0.103. The number of hydrogen-bond acceptors (Lipinski definition) is 3. The van der Waals surface area contributed by atoms with E-state index in [1.54, 1.807) is 6.92 Å².